The number of carbonyl (C=O) groups excluding carboxylic acids is 1. The van der Waals surface area contributed by atoms with Gasteiger partial charge in [0, 0.05) is 44.5 Å². The fourth-order valence-corrected chi connectivity index (χ4v) is 4.10. The summed E-state index contributed by atoms with van der Waals surface area (Å²) >= 11 is 0. The maximum absolute atomic E-state index is 13.5. The molecule has 2 aromatic carbocycles. The number of hydrogen-bond acceptors (Lipinski definition) is 6. The van der Waals surface area contributed by atoms with Gasteiger partial charge < -0.3 is 23.8 Å². The minimum Gasteiger partial charge on any atom is -0.385 e. The lowest BCUT2D eigenvalue weighted by molar-refractivity contribution is 0.0723. The molecular weight excluding hydrogens is 437 g/mol. The number of amides is 1. The highest BCUT2D eigenvalue weighted by molar-refractivity contribution is 5.94. The first kappa shape index (κ1) is 23.9. The summed E-state index contributed by atoms with van der Waals surface area (Å²) in [4.78, 5) is 17.3. The molecule has 3 aromatic rings. The second-order valence-corrected chi connectivity index (χ2v) is 8.36. The van der Waals surface area contributed by atoms with E-state index in [1.807, 2.05) is 25.1 Å². The summed E-state index contributed by atoms with van der Waals surface area (Å²) in [6.07, 6.45) is 0.668. The van der Waals surface area contributed by atoms with Crippen LogP contribution < -0.4 is 4.90 Å². The summed E-state index contributed by atoms with van der Waals surface area (Å²) in [6.45, 7) is 5.91. The number of rotatable bonds is 9. The smallest absolute Gasteiger partial charge is 0.254 e. The van der Waals surface area contributed by atoms with E-state index in [-0.39, 0.29) is 11.7 Å². The van der Waals surface area contributed by atoms with Crippen LogP contribution in [0.4, 0.5) is 10.3 Å². The molecule has 0 aliphatic carbocycles. The van der Waals surface area contributed by atoms with Crippen LogP contribution in [0.25, 0.3) is 11.3 Å². The zero-order chi connectivity index (χ0) is 23.9. The maximum atomic E-state index is 13.5. The summed E-state index contributed by atoms with van der Waals surface area (Å²) in [5, 5.41) is 4.43. The zero-order valence-corrected chi connectivity index (χ0v) is 19.6. The van der Waals surface area contributed by atoms with Crippen molar-refractivity contribution < 1.29 is 23.2 Å². The minimum atomic E-state index is -0.377. The normalized spacial score (nSPS) is 13.8. The largest absolute Gasteiger partial charge is 0.385 e. The van der Waals surface area contributed by atoms with Crippen molar-refractivity contribution in [3.05, 3.63) is 71.0 Å². The standard InChI is InChI=1S/C26H30FN3O4/c1-19-5-3-6-21(17-19)24-23(26(34-28-24)29-12-15-33-16-13-29)18-30(11-4-14-32-2)25(31)20-7-9-22(27)10-8-20/h3,5-10,17H,4,11-16,18H2,1-2H3. The van der Waals surface area contributed by atoms with Gasteiger partial charge in [-0.1, -0.05) is 28.9 Å². The van der Waals surface area contributed by atoms with Crippen LogP contribution in [-0.2, 0) is 16.0 Å². The molecule has 7 nitrogen and oxygen atoms in total. The van der Waals surface area contributed by atoms with Gasteiger partial charge in [-0.15, -0.1) is 0 Å². The van der Waals surface area contributed by atoms with Gasteiger partial charge in [-0.2, -0.15) is 0 Å². The van der Waals surface area contributed by atoms with Crippen molar-refractivity contribution >= 4 is 11.8 Å². The molecule has 8 heteroatoms. The van der Waals surface area contributed by atoms with E-state index in [2.05, 4.69) is 16.1 Å². The second-order valence-electron chi connectivity index (χ2n) is 8.36. The summed E-state index contributed by atoms with van der Waals surface area (Å²) < 4.78 is 30.0. The minimum absolute atomic E-state index is 0.180. The van der Waals surface area contributed by atoms with E-state index >= 15 is 0 Å². The first-order chi connectivity index (χ1) is 16.6. The number of anilines is 1. The van der Waals surface area contributed by atoms with E-state index in [1.54, 1.807) is 12.0 Å². The molecule has 1 aliphatic rings. The average molecular weight is 468 g/mol. The maximum Gasteiger partial charge on any atom is 0.254 e. The predicted molar refractivity (Wildman–Crippen MR) is 127 cm³/mol. The molecule has 2 heterocycles. The number of nitrogens with zero attached hydrogens (tertiary/aromatic N) is 3. The Morgan fingerprint density at radius 1 is 1.18 bits per heavy atom. The Hall–Kier alpha value is -3.23. The Morgan fingerprint density at radius 2 is 1.94 bits per heavy atom. The van der Waals surface area contributed by atoms with Gasteiger partial charge in [0.2, 0.25) is 5.88 Å². The SMILES string of the molecule is COCCCN(Cc1c(-c2cccc(C)c2)noc1N1CCOCC1)C(=O)c1ccc(F)cc1. The molecule has 0 bridgehead atoms. The van der Waals surface area contributed by atoms with Crippen LogP contribution in [0.5, 0.6) is 0 Å². The lowest BCUT2D eigenvalue weighted by atomic mass is 10.0. The van der Waals surface area contributed by atoms with Crippen molar-refractivity contribution in [1.29, 1.82) is 0 Å². The van der Waals surface area contributed by atoms with Crippen LogP contribution in [0, 0.1) is 12.7 Å². The Kier molecular flexibility index (Phi) is 7.92. The van der Waals surface area contributed by atoms with Crippen LogP contribution in [0.15, 0.2) is 53.1 Å². The van der Waals surface area contributed by atoms with Gasteiger partial charge in [0.05, 0.1) is 25.3 Å². The molecular formula is C26H30FN3O4. The number of benzene rings is 2. The van der Waals surface area contributed by atoms with Gasteiger partial charge in [-0.3, -0.25) is 4.79 Å². The number of aryl methyl sites for hydroxylation is 1. The summed E-state index contributed by atoms with van der Waals surface area (Å²) in [5.41, 5.74) is 4.04. The van der Waals surface area contributed by atoms with E-state index in [9.17, 15) is 9.18 Å². The molecule has 1 aliphatic heterocycles. The Morgan fingerprint density at radius 3 is 2.65 bits per heavy atom. The van der Waals surface area contributed by atoms with Crippen LogP contribution in [-0.4, -0.2) is 62.5 Å². The molecule has 0 spiro atoms. The highest BCUT2D eigenvalue weighted by Gasteiger charge is 2.27. The van der Waals surface area contributed by atoms with Crippen molar-refractivity contribution in [3.63, 3.8) is 0 Å². The third-order valence-electron chi connectivity index (χ3n) is 5.86. The number of halogens is 1. The second kappa shape index (κ2) is 11.3. The number of ether oxygens (including phenoxy) is 2. The lowest BCUT2D eigenvalue weighted by Crippen LogP contribution is -2.37. The van der Waals surface area contributed by atoms with E-state index in [0.29, 0.717) is 69.6 Å². The highest BCUT2D eigenvalue weighted by atomic mass is 19.1. The average Bonchev–Trinajstić information content (AvgIpc) is 3.27. The van der Waals surface area contributed by atoms with E-state index in [1.165, 1.54) is 24.3 Å². The van der Waals surface area contributed by atoms with Gasteiger partial charge in [0.25, 0.3) is 5.91 Å². The molecule has 1 fully saturated rings. The third kappa shape index (κ3) is 5.63. The van der Waals surface area contributed by atoms with Crippen molar-refractivity contribution in [3.8, 4) is 11.3 Å². The lowest BCUT2D eigenvalue weighted by Gasteiger charge is -2.28. The Bertz CT molecular complexity index is 1090. The molecule has 0 atom stereocenters. The monoisotopic (exact) mass is 467 g/mol. The van der Waals surface area contributed by atoms with Crippen molar-refractivity contribution in [2.75, 3.05) is 51.5 Å². The summed E-state index contributed by atoms with van der Waals surface area (Å²) in [7, 11) is 1.64. The van der Waals surface area contributed by atoms with E-state index < -0.39 is 0 Å². The zero-order valence-electron chi connectivity index (χ0n) is 19.6. The Balaban J connectivity index is 1.71. The molecule has 0 unspecified atom stereocenters. The first-order valence-corrected chi connectivity index (χ1v) is 11.5. The molecule has 1 amide bonds. The molecule has 4 rings (SSSR count). The van der Waals surface area contributed by atoms with Crippen molar-refractivity contribution in [2.24, 2.45) is 0 Å². The topological polar surface area (TPSA) is 68.0 Å². The number of carbonyl (C=O) groups is 1. The van der Waals surface area contributed by atoms with Gasteiger partial charge in [0.15, 0.2) is 0 Å². The van der Waals surface area contributed by atoms with Crippen LogP contribution in [0.1, 0.15) is 27.9 Å². The van der Waals surface area contributed by atoms with E-state index in [4.69, 9.17) is 14.0 Å². The number of morpholine rings is 1. The van der Waals surface area contributed by atoms with E-state index in [0.717, 1.165) is 16.7 Å². The van der Waals surface area contributed by atoms with Crippen LogP contribution in [0.3, 0.4) is 0 Å². The fraction of sp³-hybridized carbons (Fsp3) is 0.385. The number of methoxy groups -OCH3 is 1. The molecule has 0 saturated carbocycles. The molecule has 34 heavy (non-hydrogen) atoms. The summed E-state index contributed by atoms with van der Waals surface area (Å²) in [6, 6.07) is 13.7. The number of aromatic nitrogens is 1. The number of hydrogen-bond donors (Lipinski definition) is 0. The molecule has 1 saturated heterocycles. The van der Waals surface area contributed by atoms with Gasteiger partial charge in [-0.25, -0.2) is 4.39 Å². The molecule has 0 radical (unpaired) electrons. The fourth-order valence-electron chi connectivity index (χ4n) is 4.10. The van der Waals surface area contributed by atoms with Gasteiger partial charge in [-0.05, 0) is 43.7 Å². The quantitative estimate of drug-likeness (QED) is 0.437. The Labute approximate surface area is 199 Å². The third-order valence-corrected chi connectivity index (χ3v) is 5.86. The molecule has 180 valence electrons. The van der Waals surface area contributed by atoms with Crippen LogP contribution in [0.2, 0.25) is 0 Å². The highest BCUT2D eigenvalue weighted by Crippen LogP contribution is 2.33. The molecule has 0 N–H and O–H groups in total. The first-order valence-electron chi connectivity index (χ1n) is 11.5. The van der Waals surface area contributed by atoms with Crippen molar-refractivity contribution in [2.45, 2.75) is 19.9 Å². The van der Waals surface area contributed by atoms with Gasteiger partial charge >= 0.3 is 0 Å². The van der Waals surface area contributed by atoms with Crippen molar-refractivity contribution in [1.82, 2.24) is 10.1 Å². The van der Waals surface area contributed by atoms with Crippen LogP contribution >= 0.6 is 0 Å². The molecule has 1 aromatic heterocycles. The predicted octanol–water partition coefficient (Wildman–Crippen LogP) is 4.30. The summed E-state index contributed by atoms with van der Waals surface area (Å²) in [5.74, 6) is 0.0988. The van der Waals surface area contributed by atoms with Gasteiger partial charge in [0.1, 0.15) is 11.5 Å².